The van der Waals surface area contributed by atoms with Crippen LogP contribution in [-0.4, -0.2) is 30.3 Å². The number of likely N-dealkylation sites (N-methyl/N-ethyl adjacent to an activating group) is 1. The quantitative estimate of drug-likeness (QED) is 0.808. The molecule has 2 aromatic rings. The fourth-order valence-electron chi connectivity index (χ4n) is 1.90. The number of carbonyl (C=O) groups is 2. The van der Waals surface area contributed by atoms with Crippen LogP contribution in [0.2, 0.25) is 10.0 Å². The zero-order chi connectivity index (χ0) is 16.8. The van der Waals surface area contributed by atoms with E-state index in [1.807, 2.05) is 6.07 Å². The summed E-state index contributed by atoms with van der Waals surface area (Å²) < 4.78 is 4.91. The maximum atomic E-state index is 11.8. The van der Waals surface area contributed by atoms with Gasteiger partial charge in [-0.3, -0.25) is 25.3 Å². The van der Waals surface area contributed by atoms with Gasteiger partial charge in [-0.15, -0.1) is 0 Å². The topological polar surface area (TPSA) is 74.6 Å². The van der Waals surface area contributed by atoms with Gasteiger partial charge in [-0.05, 0) is 30.8 Å². The molecule has 0 saturated carbocycles. The normalized spacial score (nSPS) is 10.6. The molecule has 2 rings (SSSR count). The van der Waals surface area contributed by atoms with Crippen molar-refractivity contribution >= 4 is 35.0 Å². The number of hydrogen-bond acceptors (Lipinski definition) is 4. The molecular formula is C15H15Cl2N3O3. The molecule has 0 aliphatic heterocycles. The third-order valence-electron chi connectivity index (χ3n) is 2.95. The van der Waals surface area contributed by atoms with Gasteiger partial charge in [-0.2, -0.15) is 0 Å². The second-order valence-electron chi connectivity index (χ2n) is 4.86. The predicted octanol–water partition coefficient (Wildman–Crippen LogP) is 2.48. The summed E-state index contributed by atoms with van der Waals surface area (Å²) >= 11 is 12.1. The zero-order valence-electron chi connectivity index (χ0n) is 12.3. The van der Waals surface area contributed by atoms with Gasteiger partial charge in [0, 0.05) is 6.54 Å². The van der Waals surface area contributed by atoms with Crippen LogP contribution in [0.5, 0.6) is 0 Å². The van der Waals surface area contributed by atoms with Crippen LogP contribution < -0.4 is 10.9 Å². The van der Waals surface area contributed by atoms with Crippen molar-refractivity contribution < 1.29 is 14.0 Å². The Bertz CT molecular complexity index is 689. The summed E-state index contributed by atoms with van der Waals surface area (Å²) in [4.78, 5) is 25.2. The number of benzene rings is 1. The molecule has 2 amide bonds. The minimum atomic E-state index is -0.524. The molecule has 0 unspecified atom stereocenters. The van der Waals surface area contributed by atoms with E-state index in [2.05, 4.69) is 10.9 Å². The smallest absolute Gasteiger partial charge is 0.305 e. The molecule has 0 radical (unpaired) electrons. The van der Waals surface area contributed by atoms with Crippen LogP contribution in [0.3, 0.4) is 0 Å². The molecular weight excluding hydrogens is 341 g/mol. The van der Waals surface area contributed by atoms with Gasteiger partial charge >= 0.3 is 5.91 Å². The third-order valence-corrected chi connectivity index (χ3v) is 3.80. The average molecular weight is 356 g/mol. The highest BCUT2D eigenvalue weighted by Crippen LogP contribution is 2.26. The first-order valence-corrected chi connectivity index (χ1v) is 7.47. The maximum Gasteiger partial charge on any atom is 0.305 e. The number of nitrogens with zero attached hydrogens (tertiary/aromatic N) is 1. The van der Waals surface area contributed by atoms with Crippen molar-refractivity contribution in [1.82, 2.24) is 15.8 Å². The van der Waals surface area contributed by atoms with Gasteiger partial charge in [-0.1, -0.05) is 35.3 Å². The molecule has 23 heavy (non-hydrogen) atoms. The fraction of sp³-hybridized carbons (Fsp3) is 0.200. The van der Waals surface area contributed by atoms with Crippen LogP contribution in [0.25, 0.3) is 0 Å². The first-order valence-electron chi connectivity index (χ1n) is 6.71. The van der Waals surface area contributed by atoms with Crippen molar-refractivity contribution in [3.05, 3.63) is 58.0 Å². The van der Waals surface area contributed by atoms with Crippen molar-refractivity contribution in [1.29, 1.82) is 0 Å². The minimum Gasteiger partial charge on any atom is -0.459 e. The van der Waals surface area contributed by atoms with Crippen LogP contribution in [0.4, 0.5) is 0 Å². The molecule has 0 aliphatic carbocycles. The molecule has 0 spiro atoms. The molecule has 6 nitrogen and oxygen atoms in total. The molecule has 1 aromatic heterocycles. The minimum absolute atomic E-state index is 0.0707. The Kier molecular flexibility index (Phi) is 6.04. The number of furan rings is 1. The van der Waals surface area contributed by atoms with Crippen LogP contribution in [0.1, 0.15) is 16.1 Å². The summed E-state index contributed by atoms with van der Waals surface area (Å²) in [6.45, 7) is 0.514. The van der Waals surface area contributed by atoms with Gasteiger partial charge < -0.3 is 4.42 Å². The van der Waals surface area contributed by atoms with E-state index in [-0.39, 0.29) is 18.2 Å². The number of rotatable bonds is 5. The standard InChI is InChI=1S/C15H15Cl2N3O3/c1-20(8-10-4-2-5-11(16)14(10)17)9-13(21)18-19-15(22)12-6-3-7-23-12/h2-7H,8-9H2,1H3,(H,18,21)(H,19,22). The van der Waals surface area contributed by atoms with Crippen LogP contribution >= 0.6 is 23.2 Å². The molecule has 0 saturated heterocycles. The van der Waals surface area contributed by atoms with Gasteiger partial charge in [0.25, 0.3) is 5.91 Å². The Hall–Kier alpha value is -2.02. The first kappa shape index (κ1) is 17.3. The largest absolute Gasteiger partial charge is 0.459 e. The molecule has 1 heterocycles. The zero-order valence-corrected chi connectivity index (χ0v) is 13.8. The Morgan fingerprint density at radius 1 is 1.17 bits per heavy atom. The lowest BCUT2D eigenvalue weighted by Crippen LogP contribution is -2.45. The fourth-order valence-corrected chi connectivity index (χ4v) is 2.28. The van der Waals surface area contributed by atoms with Crippen molar-refractivity contribution in [3.63, 3.8) is 0 Å². The maximum absolute atomic E-state index is 11.8. The molecule has 1 aromatic carbocycles. The van der Waals surface area contributed by atoms with Crippen LogP contribution in [-0.2, 0) is 11.3 Å². The van der Waals surface area contributed by atoms with Gasteiger partial charge in [0.15, 0.2) is 5.76 Å². The first-order chi connectivity index (χ1) is 11.0. The van der Waals surface area contributed by atoms with Crippen molar-refractivity contribution in [2.75, 3.05) is 13.6 Å². The van der Waals surface area contributed by atoms with E-state index in [1.54, 1.807) is 30.1 Å². The molecule has 8 heteroatoms. The Labute approximate surface area is 143 Å². The summed E-state index contributed by atoms with van der Waals surface area (Å²) in [5.41, 5.74) is 5.40. The predicted molar refractivity (Wildman–Crippen MR) is 87.1 cm³/mol. The number of hydrogen-bond donors (Lipinski definition) is 2. The van der Waals surface area contributed by atoms with Gasteiger partial charge in [-0.25, -0.2) is 0 Å². The lowest BCUT2D eigenvalue weighted by atomic mass is 10.2. The SMILES string of the molecule is CN(CC(=O)NNC(=O)c1ccco1)Cc1cccc(Cl)c1Cl. The van der Waals surface area contributed by atoms with E-state index in [9.17, 15) is 9.59 Å². The molecule has 2 N–H and O–H groups in total. The van der Waals surface area contributed by atoms with Crippen molar-refractivity contribution in [2.24, 2.45) is 0 Å². The number of halogens is 2. The number of amides is 2. The molecule has 0 bridgehead atoms. The monoisotopic (exact) mass is 355 g/mol. The van der Waals surface area contributed by atoms with Crippen LogP contribution in [0.15, 0.2) is 41.0 Å². The van der Waals surface area contributed by atoms with E-state index >= 15 is 0 Å². The number of carbonyl (C=O) groups excluding carboxylic acids is 2. The highest BCUT2D eigenvalue weighted by atomic mass is 35.5. The molecule has 0 fully saturated rings. The summed E-state index contributed by atoms with van der Waals surface area (Å²) in [6.07, 6.45) is 1.37. The second-order valence-corrected chi connectivity index (χ2v) is 5.65. The van der Waals surface area contributed by atoms with Gasteiger partial charge in [0.1, 0.15) is 0 Å². The lowest BCUT2D eigenvalue weighted by molar-refractivity contribution is -0.122. The van der Waals surface area contributed by atoms with Gasteiger partial charge in [0.2, 0.25) is 0 Å². The van der Waals surface area contributed by atoms with Crippen molar-refractivity contribution in [2.45, 2.75) is 6.54 Å². The average Bonchev–Trinajstić information content (AvgIpc) is 3.04. The highest BCUT2D eigenvalue weighted by molar-refractivity contribution is 6.42. The highest BCUT2D eigenvalue weighted by Gasteiger charge is 2.12. The lowest BCUT2D eigenvalue weighted by Gasteiger charge is -2.17. The molecule has 0 atom stereocenters. The van der Waals surface area contributed by atoms with Crippen molar-refractivity contribution in [3.8, 4) is 0 Å². The molecule has 0 aliphatic rings. The Morgan fingerprint density at radius 3 is 2.65 bits per heavy atom. The number of hydrazine groups is 1. The second kappa shape index (κ2) is 8.01. The Balaban J connectivity index is 1.80. The Morgan fingerprint density at radius 2 is 1.96 bits per heavy atom. The van der Waals surface area contributed by atoms with E-state index < -0.39 is 5.91 Å². The third kappa shape index (κ3) is 4.99. The summed E-state index contributed by atoms with van der Waals surface area (Å²) in [5, 5.41) is 0.931. The number of nitrogens with one attached hydrogen (secondary N) is 2. The van der Waals surface area contributed by atoms with E-state index in [0.29, 0.717) is 16.6 Å². The van der Waals surface area contributed by atoms with E-state index in [4.69, 9.17) is 27.6 Å². The van der Waals surface area contributed by atoms with Gasteiger partial charge in [0.05, 0.1) is 22.9 Å². The van der Waals surface area contributed by atoms with E-state index in [1.165, 1.54) is 12.3 Å². The van der Waals surface area contributed by atoms with Crippen LogP contribution in [0, 0.1) is 0 Å². The summed E-state index contributed by atoms with van der Waals surface area (Å²) in [5.74, 6) is -0.779. The van der Waals surface area contributed by atoms with E-state index in [0.717, 1.165) is 5.56 Å². The summed E-state index contributed by atoms with van der Waals surface area (Å²) in [6, 6.07) is 8.40. The molecule has 122 valence electrons. The summed E-state index contributed by atoms with van der Waals surface area (Å²) in [7, 11) is 1.76.